The summed E-state index contributed by atoms with van der Waals surface area (Å²) in [5, 5.41) is 2.88. The van der Waals surface area contributed by atoms with E-state index in [2.05, 4.69) is 10.3 Å². The molecule has 24 heavy (non-hydrogen) atoms. The first kappa shape index (κ1) is 16.0. The number of benzene rings is 1. The van der Waals surface area contributed by atoms with Gasteiger partial charge in [0.05, 0.1) is 11.9 Å². The minimum Gasteiger partial charge on any atom is -0.439 e. The van der Waals surface area contributed by atoms with Gasteiger partial charge in [-0.3, -0.25) is 9.59 Å². The van der Waals surface area contributed by atoms with Crippen LogP contribution in [-0.2, 0) is 4.79 Å². The van der Waals surface area contributed by atoms with Gasteiger partial charge in [0, 0.05) is 17.5 Å². The summed E-state index contributed by atoms with van der Waals surface area (Å²) in [6, 6.07) is 9.98. The third-order valence-electron chi connectivity index (χ3n) is 4.07. The van der Waals surface area contributed by atoms with Crippen molar-refractivity contribution < 1.29 is 14.3 Å². The van der Waals surface area contributed by atoms with Gasteiger partial charge in [-0.2, -0.15) is 0 Å². The van der Waals surface area contributed by atoms with Crippen LogP contribution in [0.4, 0.5) is 5.69 Å². The summed E-state index contributed by atoms with van der Waals surface area (Å²) >= 11 is 0. The zero-order valence-electron chi connectivity index (χ0n) is 13.2. The molecule has 0 atom stereocenters. The molecule has 3 N–H and O–H groups in total. The van der Waals surface area contributed by atoms with Gasteiger partial charge in [0.15, 0.2) is 0 Å². The lowest BCUT2D eigenvalue weighted by Gasteiger charge is -2.10. The first-order valence-electron chi connectivity index (χ1n) is 7.96. The summed E-state index contributed by atoms with van der Waals surface area (Å²) in [6.45, 7) is 0. The quantitative estimate of drug-likeness (QED) is 0.883. The summed E-state index contributed by atoms with van der Waals surface area (Å²) in [5.74, 6) is 0.491. The first-order valence-corrected chi connectivity index (χ1v) is 7.96. The molecule has 1 aliphatic rings. The van der Waals surface area contributed by atoms with Crippen LogP contribution in [0.5, 0.6) is 11.6 Å². The van der Waals surface area contributed by atoms with Crippen molar-refractivity contribution in [1.82, 2.24) is 4.98 Å². The second kappa shape index (κ2) is 7.12. The summed E-state index contributed by atoms with van der Waals surface area (Å²) < 4.78 is 5.60. The Morgan fingerprint density at radius 3 is 2.62 bits per heavy atom. The molecule has 0 spiro atoms. The number of nitrogens with zero attached hydrogens (tertiary/aromatic N) is 1. The van der Waals surface area contributed by atoms with Crippen LogP contribution in [0.3, 0.4) is 0 Å². The third kappa shape index (κ3) is 3.90. The number of carbonyl (C=O) groups is 2. The zero-order chi connectivity index (χ0) is 16.9. The molecule has 1 aliphatic carbocycles. The van der Waals surface area contributed by atoms with Crippen molar-refractivity contribution in [1.29, 1.82) is 0 Å². The molecular weight excluding hydrogens is 306 g/mol. The van der Waals surface area contributed by atoms with Crippen molar-refractivity contribution in [3.8, 4) is 11.6 Å². The molecule has 2 aromatic rings. The number of ether oxygens (including phenoxy) is 1. The number of nitrogens with two attached hydrogens (primary N) is 1. The Kier molecular flexibility index (Phi) is 4.74. The second-order valence-corrected chi connectivity index (χ2v) is 5.85. The van der Waals surface area contributed by atoms with Gasteiger partial charge in [-0.1, -0.05) is 18.9 Å². The van der Waals surface area contributed by atoms with Gasteiger partial charge >= 0.3 is 0 Å². The zero-order valence-corrected chi connectivity index (χ0v) is 13.2. The molecule has 0 radical (unpaired) electrons. The van der Waals surface area contributed by atoms with Gasteiger partial charge in [0.1, 0.15) is 5.75 Å². The minimum absolute atomic E-state index is 0.0529. The maximum Gasteiger partial charge on any atom is 0.248 e. The molecule has 1 aromatic carbocycles. The fourth-order valence-electron chi connectivity index (χ4n) is 2.78. The van der Waals surface area contributed by atoms with Gasteiger partial charge in [0.2, 0.25) is 17.7 Å². The molecule has 1 aromatic heterocycles. The number of rotatable bonds is 5. The van der Waals surface area contributed by atoms with E-state index in [0.29, 0.717) is 22.9 Å². The van der Waals surface area contributed by atoms with Crippen LogP contribution in [-0.4, -0.2) is 16.8 Å². The number of aromatic nitrogens is 1. The Morgan fingerprint density at radius 1 is 1.17 bits per heavy atom. The summed E-state index contributed by atoms with van der Waals surface area (Å²) in [5.41, 5.74) is 6.26. The van der Waals surface area contributed by atoms with Gasteiger partial charge in [-0.25, -0.2) is 4.98 Å². The average molecular weight is 325 g/mol. The molecule has 2 amide bonds. The maximum absolute atomic E-state index is 12.1. The van der Waals surface area contributed by atoms with Crippen LogP contribution < -0.4 is 15.8 Å². The number of anilines is 1. The molecule has 0 saturated heterocycles. The molecule has 1 heterocycles. The van der Waals surface area contributed by atoms with Crippen molar-refractivity contribution in [3.05, 3.63) is 48.2 Å². The Morgan fingerprint density at radius 2 is 1.96 bits per heavy atom. The van der Waals surface area contributed by atoms with Crippen LogP contribution in [0.1, 0.15) is 36.0 Å². The monoisotopic (exact) mass is 325 g/mol. The van der Waals surface area contributed by atoms with Crippen LogP contribution in [0.25, 0.3) is 0 Å². The van der Waals surface area contributed by atoms with E-state index in [1.165, 1.54) is 0 Å². The van der Waals surface area contributed by atoms with Gasteiger partial charge in [-0.05, 0) is 37.1 Å². The van der Waals surface area contributed by atoms with E-state index in [-0.39, 0.29) is 11.8 Å². The maximum atomic E-state index is 12.1. The Balaban J connectivity index is 1.63. The van der Waals surface area contributed by atoms with Gasteiger partial charge in [-0.15, -0.1) is 0 Å². The molecule has 3 rings (SSSR count). The standard InChI is InChI=1S/C18H19N3O3/c19-17(22)13-6-3-7-15(10-13)24-16-9-8-14(11-20-16)21-18(23)12-4-1-2-5-12/h3,6-12H,1-2,4-5H2,(H2,19,22)(H,21,23). The number of nitrogens with one attached hydrogen (secondary N) is 1. The normalized spacial score (nSPS) is 14.3. The molecule has 6 nitrogen and oxygen atoms in total. The predicted molar refractivity (Wildman–Crippen MR) is 89.9 cm³/mol. The van der Waals surface area contributed by atoms with Crippen molar-refractivity contribution >= 4 is 17.5 Å². The number of pyridine rings is 1. The summed E-state index contributed by atoms with van der Waals surface area (Å²) in [7, 11) is 0. The predicted octanol–water partition coefficient (Wildman–Crippen LogP) is 3.10. The first-order chi connectivity index (χ1) is 11.6. The average Bonchev–Trinajstić information content (AvgIpc) is 3.11. The molecule has 1 saturated carbocycles. The van der Waals surface area contributed by atoms with E-state index in [1.54, 1.807) is 42.6 Å². The Bertz CT molecular complexity index is 737. The highest BCUT2D eigenvalue weighted by Gasteiger charge is 2.22. The number of primary amides is 1. The highest BCUT2D eigenvalue weighted by Crippen LogP contribution is 2.26. The van der Waals surface area contributed by atoms with E-state index in [4.69, 9.17) is 10.5 Å². The number of hydrogen-bond donors (Lipinski definition) is 2. The van der Waals surface area contributed by atoms with E-state index >= 15 is 0 Å². The van der Waals surface area contributed by atoms with Crippen LogP contribution in [0, 0.1) is 5.92 Å². The minimum atomic E-state index is -0.515. The van der Waals surface area contributed by atoms with Crippen molar-refractivity contribution in [3.63, 3.8) is 0 Å². The van der Waals surface area contributed by atoms with E-state index in [0.717, 1.165) is 25.7 Å². The van der Waals surface area contributed by atoms with E-state index in [1.807, 2.05) is 0 Å². The topological polar surface area (TPSA) is 94.3 Å². The molecule has 1 fully saturated rings. The van der Waals surface area contributed by atoms with Gasteiger partial charge < -0.3 is 15.8 Å². The Hall–Kier alpha value is -2.89. The fraction of sp³-hybridized carbons (Fsp3) is 0.278. The fourth-order valence-corrected chi connectivity index (χ4v) is 2.78. The highest BCUT2D eigenvalue weighted by molar-refractivity contribution is 5.93. The van der Waals surface area contributed by atoms with E-state index < -0.39 is 5.91 Å². The molecule has 0 bridgehead atoms. The van der Waals surface area contributed by atoms with Crippen LogP contribution >= 0.6 is 0 Å². The number of carbonyl (C=O) groups excluding carboxylic acids is 2. The van der Waals surface area contributed by atoms with Crippen molar-refractivity contribution in [2.45, 2.75) is 25.7 Å². The smallest absolute Gasteiger partial charge is 0.248 e. The lowest BCUT2D eigenvalue weighted by Crippen LogP contribution is -2.20. The highest BCUT2D eigenvalue weighted by atomic mass is 16.5. The third-order valence-corrected chi connectivity index (χ3v) is 4.07. The molecule has 0 aliphatic heterocycles. The molecule has 6 heteroatoms. The number of amides is 2. The summed E-state index contributed by atoms with van der Waals surface area (Å²) in [4.78, 5) is 27.4. The Labute approximate surface area is 140 Å². The lowest BCUT2D eigenvalue weighted by molar-refractivity contribution is -0.119. The molecule has 0 unspecified atom stereocenters. The van der Waals surface area contributed by atoms with Crippen LogP contribution in [0.15, 0.2) is 42.6 Å². The van der Waals surface area contributed by atoms with Crippen LogP contribution in [0.2, 0.25) is 0 Å². The van der Waals surface area contributed by atoms with Gasteiger partial charge in [0.25, 0.3) is 0 Å². The lowest BCUT2D eigenvalue weighted by atomic mass is 10.1. The summed E-state index contributed by atoms with van der Waals surface area (Å²) in [6.07, 6.45) is 5.70. The largest absolute Gasteiger partial charge is 0.439 e. The second-order valence-electron chi connectivity index (χ2n) is 5.85. The van der Waals surface area contributed by atoms with Crippen molar-refractivity contribution in [2.24, 2.45) is 11.7 Å². The molecular formula is C18H19N3O3. The molecule has 124 valence electrons. The van der Waals surface area contributed by atoms with E-state index in [9.17, 15) is 9.59 Å². The van der Waals surface area contributed by atoms with Crippen molar-refractivity contribution in [2.75, 3.05) is 5.32 Å². The number of hydrogen-bond acceptors (Lipinski definition) is 4. The SMILES string of the molecule is NC(=O)c1cccc(Oc2ccc(NC(=O)C3CCCC3)cn2)c1.